The van der Waals surface area contributed by atoms with Gasteiger partial charge in [0.25, 0.3) is 5.91 Å². The molecule has 1 saturated heterocycles. The summed E-state index contributed by atoms with van der Waals surface area (Å²) < 4.78 is 0. The maximum absolute atomic E-state index is 12.6. The number of hydrogen-bond acceptors (Lipinski definition) is 3. The monoisotopic (exact) mass is 281 g/mol. The van der Waals surface area contributed by atoms with E-state index >= 15 is 0 Å². The van der Waals surface area contributed by atoms with Crippen molar-refractivity contribution in [1.82, 2.24) is 15.2 Å². The minimum atomic E-state index is -0.00347. The number of halogens is 1. The average Bonchev–Trinajstić information content (AvgIpc) is 2.45. The molecule has 0 radical (unpaired) electrons. The second-order valence-electron chi connectivity index (χ2n) is 4.83. The Labute approximate surface area is 119 Å². The number of rotatable bonds is 4. The van der Waals surface area contributed by atoms with Crippen LogP contribution in [0.1, 0.15) is 36.7 Å². The van der Waals surface area contributed by atoms with E-state index in [1.165, 1.54) is 0 Å². The average molecular weight is 282 g/mol. The van der Waals surface area contributed by atoms with E-state index in [0.29, 0.717) is 16.9 Å². The Morgan fingerprint density at radius 3 is 2.84 bits per heavy atom. The fourth-order valence-corrected chi connectivity index (χ4v) is 2.65. The number of pyridine rings is 1. The number of piperidine rings is 1. The molecule has 0 aromatic carbocycles. The Bertz CT molecular complexity index is 432. The number of amides is 1. The molecule has 0 bridgehead atoms. The minimum absolute atomic E-state index is 0.00347. The lowest BCUT2D eigenvalue weighted by Gasteiger charge is -2.34. The third-order valence-electron chi connectivity index (χ3n) is 3.41. The van der Waals surface area contributed by atoms with Gasteiger partial charge in [0, 0.05) is 12.6 Å². The summed E-state index contributed by atoms with van der Waals surface area (Å²) in [7, 11) is 0. The summed E-state index contributed by atoms with van der Waals surface area (Å²) >= 11 is 5.86. The number of nitrogens with zero attached hydrogens (tertiary/aromatic N) is 2. The summed E-state index contributed by atoms with van der Waals surface area (Å²) in [5.41, 5.74) is 0.444. The fraction of sp³-hybridized carbons (Fsp3) is 0.571. The molecule has 1 amide bonds. The van der Waals surface area contributed by atoms with Crippen LogP contribution in [-0.2, 0) is 0 Å². The largest absolute Gasteiger partial charge is 0.334 e. The van der Waals surface area contributed by atoms with Gasteiger partial charge < -0.3 is 10.2 Å². The van der Waals surface area contributed by atoms with Crippen molar-refractivity contribution in [1.29, 1.82) is 0 Å². The SMILES string of the molecule is CCCN(C(=O)c1cccc(Cl)n1)C1CCNCC1. The molecule has 0 aliphatic carbocycles. The van der Waals surface area contributed by atoms with Crippen molar-refractivity contribution < 1.29 is 4.79 Å². The molecule has 4 nitrogen and oxygen atoms in total. The van der Waals surface area contributed by atoms with Gasteiger partial charge in [0.1, 0.15) is 10.8 Å². The standard InChI is InChI=1S/C14H20ClN3O/c1-2-10-18(11-6-8-16-9-7-11)14(19)12-4-3-5-13(15)17-12/h3-5,11,16H,2,6-10H2,1H3. The van der Waals surface area contributed by atoms with Crippen molar-refractivity contribution in [2.24, 2.45) is 0 Å². The van der Waals surface area contributed by atoms with E-state index in [1.54, 1.807) is 18.2 Å². The first-order chi connectivity index (χ1) is 9.22. The maximum atomic E-state index is 12.6. The number of nitrogens with one attached hydrogen (secondary N) is 1. The molecule has 1 aromatic rings. The van der Waals surface area contributed by atoms with Crippen LogP contribution in [0.4, 0.5) is 0 Å². The van der Waals surface area contributed by atoms with E-state index in [4.69, 9.17) is 11.6 Å². The van der Waals surface area contributed by atoms with E-state index in [-0.39, 0.29) is 5.91 Å². The molecular weight excluding hydrogens is 262 g/mol. The summed E-state index contributed by atoms with van der Waals surface area (Å²) in [5, 5.41) is 3.69. The molecule has 1 aliphatic heterocycles. The van der Waals surface area contributed by atoms with Gasteiger partial charge >= 0.3 is 0 Å². The van der Waals surface area contributed by atoms with Crippen LogP contribution >= 0.6 is 11.6 Å². The van der Waals surface area contributed by atoms with Crippen LogP contribution < -0.4 is 5.32 Å². The number of hydrogen-bond donors (Lipinski definition) is 1. The van der Waals surface area contributed by atoms with Crippen LogP contribution in [0.3, 0.4) is 0 Å². The molecule has 1 aliphatic rings. The Kier molecular flexibility index (Phi) is 5.16. The fourth-order valence-electron chi connectivity index (χ4n) is 2.48. The molecule has 5 heteroatoms. The van der Waals surface area contributed by atoms with Crippen molar-refractivity contribution >= 4 is 17.5 Å². The van der Waals surface area contributed by atoms with E-state index in [1.807, 2.05) is 4.90 Å². The van der Waals surface area contributed by atoms with E-state index < -0.39 is 0 Å². The van der Waals surface area contributed by atoms with Crippen LogP contribution in [0.5, 0.6) is 0 Å². The highest BCUT2D eigenvalue weighted by Gasteiger charge is 2.26. The zero-order chi connectivity index (χ0) is 13.7. The highest BCUT2D eigenvalue weighted by molar-refractivity contribution is 6.29. The number of carbonyl (C=O) groups is 1. The van der Waals surface area contributed by atoms with Crippen LogP contribution in [-0.4, -0.2) is 41.5 Å². The molecule has 2 rings (SSSR count). The smallest absolute Gasteiger partial charge is 0.272 e. The van der Waals surface area contributed by atoms with E-state index in [9.17, 15) is 4.79 Å². The molecular formula is C14H20ClN3O. The van der Waals surface area contributed by atoms with Crippen molar-refractivity contribution in [2.75, 3.05) is 19.6 Å². The predicted octanol–water partition coefficient (Wildman–Crippen LogP) is 2.34. The van der Waals surface area contributed by atoms with Crippen molar-refractivity contribution in [3.8, 4) is 0 Å². The highest BCUT2D eigenvalue weighted by Crippen LogP contribution is 2.16. The second-order valence-corrected chi connectivity index (χ2v) is 5.21. The quantitative estimate of drug-likeness (QED) is 0.862. The van der Waals surface area contributed by atoms with Gasteiger partial charge in [-0.15, -0.1) is 0 Å². The molecule has 1 fully saturated rings. The maximum Gasteiger partial charge on any atom is 0.272 e. The highest BCUT2D eigenvalue weighted by atomic mass is 35.5. The zero-order valence-corrected chi connectivity index (χ0v) is 12.0. The zero-order valence-electron chi connectivity index (χ0n) is 11.2. The lowest BCUT2D eigenvalue weighted by atomic mass is 10.0. The third-order valence-corrected chi connectivity index (χ3v) is 3.62. The van der Waals surface area contributed by atoms with Crippen molar-refractivity contribution in [2.45, 2.75) is 32.2 Å². The van der Waals surface area contributed by atoms with Crippen LogP contribution in [0.15, 0.2) is 18.2 Å². The molecule has 1 N–H and O–H groups in total. The third kappa shape index (κ3) is 3.67. The van der Waals surface area contributed by atoms with Gasteiger partial charge in [0.2, 0.25) is 0 Å². The minimum Gasteiger partial charge on any atom is -0.334 e. The van der Waals surface area contributed by atoms with Gasteiger partial charge in [-0.05, 0) is 44.5 Å². The van der Waals surface area contributed by atoms with Crippen molar-refractivity contribution in [3.05, 3.63) is 29.0 Å². The Balaban J connectivity index is 2.15. The number of aromatic nitrogens is 1. The van der Waals surface area contributed by atoms with Gasteiger partial charge in [0.05, 0.1) is 0 Å². The van der Waals surface area contributed by atoms with Crippen LogP contribution in [0.2, 0.25) is 5.15 Å². The van der Waals surface area contributed by atoms with Crippen molar-refractivity contribution in [3.63, 3.8) is 0 Å². The Hall–Kier alpha value is -1.13. The molecule has 104 valence electrons. The van der Waals surface area contributed by atoms with E-state index in [0.717, 1.165) is 38.9 Å². The van der Waals surface area contributed by atoms with Gasteiger partial charge in [-0.2, -0.15) is 0 Å². The molecule has 19 heavy (non-hydrogen) atoms. The lowest BCUT2D eigenvalue weighted by molar-refractivity contribution is 0.0636. The summed E-state index contributed by atoms with van der Waals surface area (Å²) in [5.74, 6) is -0.00347. The summed E-state index contributed by atoms with van der Waals surface area (Å²) in [6.07, 6.45) is 2.97. The normalized spacial score (nSPS) is 16.3. The number of carbonyl (C=O) groups excluding carboxylic acids is 1. The van der Waals surface area contributed by atoms with E-state index in [2.05, 4.69) is 17.2 Å². The summed E-state index contributed by atoms with van der Waals surface area (Å²) in [6.45, 7) is 4.81. The first-order valence-corrected chi connectivity index (χ1v) is 7.24. The predicted molar refractivity (Wildman–Crippen MR) is 76.5 cm³/mol. The molecule has 1 aromatic heterocycles. The first kappa shape index (κ1) is 14.3. The van der Waals surface area contributed by atoms with Gasteiger partial charge in [-0.3, -0.25) is 4.79 Å². The summed E-state index contributed by atoms with van der Waals surface area (Å²) in [6, 6.07) is 5.51. The topological polar surface area (TPSA) is 45.2 Å². The Morgan fingerprint density at radius 2 is 2.21 bits per heavy atom. The second kappa shape index (κ2) is 6.87. The van der Waals surface area contributed by atoms with Gasteiger partial charge in [-0.25, -0.2) is 4.98 Å². The molecule has 0 unspecified atom stereocenters. The Morgan fingerprint density at radius 1 is 1.47 bits per heavy atom. The van der Waals surface area contributed by atoms with Gasteiger partial charge in [0.15, 0.2) is 0 Å². The van der Waals surface area contributed by atoms with Crippen LogP contribution in [0.25, 0.3) is 0 Å². The molecule has 0 atom stereocenters. The lowest BCUT2D eigenvalue weighted by Crippen LogP contribution is -2.46. The first-order valence-electron chi connectivity index (χ1n) is 6.86. The van der Waals surface area contributed by atoms with Crippen LogP contribution in [0, 0.1) is 0 Å². The molecule has 0 saturated carbocycles. The summed E-state index contributed by atoms with van der Waals surface area (Å²) in [4.78, 5) is 18.7. The molecule has 2 heterocycles. The molecule has 0 spiro atoms. The van der Waals surface area contributed by atoms with Gasteiger partial charge in [-0.1, -0.05) is 24.6 Å².